The summed E-state index contributed by atoms with van der Waals surface area (Å²) in [5.74, 6) is -3.72. The van der Waals surface area contributed by atoms with E-state index in [0.717, 1.165) is 12.1 Å². The molecule has 26 heavy (non-hydrogen) atoms. The summed E-state index contributed by atoms with van der Waals surface area (Å²) in [5.41, 5.74) is 0.466. The molecule has 0 aliphatic rings. The molecule has 0 radical (unpaired) electrons. The van der Waals surface area contributed by atoms with Crippen molar-refractivity contribution in [1.82, 2.24) is 4.72 Å². The predicted octanol–water partition coefficient (Wildman–Crippen LogP) is 3.36. The Hall–Kier alpha value is -2.32. The fraction of sp³-hybridized carbons (Fsp3) is 0.278. The second-order valence-corrected chi connectivity index (χ2v) is 8.34. The van der Waals surface area contributed by atoms with Crippen molar-refractivity contribution < 1.29 is 22.0 Å². The van der Waals surface area contributed by atoms with Gasteiger partial charge in [-0.15, -0.1) is 0 Å². The SMILES string of the molecule is CC(C)S(=O)(=O)NCC(F)(F)c1ccc(NC(=O)c2ccccc2)cc1. The molecule has 0 unspecified atom stereocenters. The third-order valence-electron chi connectivity index (χ3n) is 3.72. The van der Waals surface area contributed by atoms with Crippen LogP contribution in [0.1, 0.15) is 29.8 Å². The summed E-state index contributed by atoms with van der Waals surface area (Å²) in [6, 6.07) is 13.5. The number of amides is 1. The van der Waals surface area contributed by atoms with Crippen molar-refractivity contribution in [2.45, 2.75) is 25.0 Å². The number of hydrogen-bond donors (Lipinski definition) is 2. The molecule has 0 aliphatic heterocycles. The average molecular weight is 382 g/mol. The number of alkyl halides is 2. The number of anilines is 1. The first-order valence-electron chi connectivity index (χ1n) is 7.95. The zero-order valence-electron chi connectivity index (χ0n) is 14.4. The molecule has 140 valence electrons. The third-order valence-corrected chi connectivity index (χ3v) is 5.50. The number of benzene rings is 2. The number of rotatable bonds is 7. The number of hydrogen-bond acceptors (Lipinski definition) is 3. The van der Waals surface area contributed by atoms with E-state index in [2.05, 4.69) is 5.32 Å². The zero-order chi connectivity index (χ0) is 19.4. The Morgan fingerprint density at radius 3 is 2.15 bits per heavy atom. The second-order valence-electron chi connectivity index (χ2n) is 6.02. The van der Waals surface area contributed by atoms with E-state index in [4.69, 9.17) is 0 Å². The van der Waals surface area contributed by atoms with Crippen LogP contribution in [0.2, 0.25) is 0 Å². The maximum Gasteiger partial charge on any atom is 0.286 e. The van der Waals surface area contributed by atoms with Gasteiger partial charge in [0.05, 0.1) is 11.8 Å². The molecule has 5 nitrogen and oxygen atoms in total. The topological polar surface area (TPSA) is 75.3 Å². The molecular weight excluding hydrogens is 362 g/mol. The molecule has 0 aliphatic carbocycles. The van der Waals surface area contributed by atoms with Gasteiger partial charge in [-0.1, -0.05) is 30.3 Å². The van der Waals surface area contributed by atoms with Crippen LogP contribution in [-0.4, -0.2) is 26.1 Å². The number of carbonyl (C=O) groups is 1. The van der Waals surface area contributed by atoms with E-state index in [1.807, 2.05) is 4.72 Å². The molecule has 2 aromatic rings. The highest BCUT2D eigenvalue weighted by molar-refractivity contribution is 7.90. The minimum absolute atomic E-state index is 0.346. The molecule has 0 spiro atoms. The van der Waals surface area contributed by atoms with E-state index in [1.54, 1.807) is 30.3 Å². The lowest BCUT2D eigenvalue weighted by Gasteiger charge is -2.19. The van der Waals surface area contributed by atoms with Crippen molar-refractivity contribution in [2.75, 3.05) is 11.9 Å². The second kappa shape index (κ2) is 7.92. The van der Waals surface area contributed by atoms with Gasteiger partial charge in [0.1, 0.15) is 0 Å². The summed E-state index contributed by atoms with van der Waals surface area (Å²) in [7, 11) is -3.78. The molecule has 0 bridgehead atoms. The van der Waals surface area contributed by atoms with Crippen molar-refractivity contribution in [3.63, 3.8) is 0 Å². The first kappa shape index (κ1) is 20.0. The van der Waals surface area contributed by atoms with Crippen LogP contribution < -0.4 is 10.0 Å². The van der Waals surface area contributed by atoms with Crippen molar-refractivity contribution in [2.24, 2.45) is 0 Å². The highest BCUT2D eigenvalue weighted by Crippen LogP contribution is 2.28. The molecule has 0 fully saturated rings. The maximum atomic E-state index is 14.2. The summed E-state index contributed by atoms with van der Waals surface area (Å²) in [4.78, 5) is 12.0. The standard InChI is InChI=1S/C18H20F2N2O3S/c1-13(2)26(24,25)21-12-18(19,20)15-8-10-16(11-9-15)22-17(23)14-6-4-3-5-7-14/h3-11,13,21H,12H2,1-2H3,(H,22,23). The Bertz CT molecular complexity index is 852. The zero-order valence-corrected chi connectivity index (χ0v) is 15.2. The van der Waals surface area contributed by atoms with Gasteiger partial charge in [0.25, 0.3) is 11.8 Å². The Morgan fingerprint density at radius 2 is 1.62 bits per heavy atom. The van der Waals surface area contributed by atoms with Crippen LogP contribution in [0.25, 0.3) is 0 Å². The van der Waals surface area contributed by atoms with Gasteiger partial charge in [-0.25, -0.2) is 13.1 Å². The number of nitrogens with one attached hydrogen (secondary N) is 2. The fourth-order valence-corrected chi connectivity index (χ4v) is 2.77. The van der Waals surface area contributed by atoms with E-state index in [0.29, 0.717) is 11.3 Å². The minimum atomic E-state index is -3.78. The van der Waals surface area contributed by atoms with Crippen LogP contribution in [0.15, 0.2) is 54.6 Å². The molecular formula is C18H20F2N2O3S. The van der Waals surface area contributed by atoms with Crippen LogP contribution >= 0.6 is 0 Å². The summed E-state index contributed by atoms with van der Waals surface area (Å²) < 4.78 is 53.6. The molecule has 0 saturated heterocycles. The normalized spacial score (nSPS) is 12.2. The van der Waals surface area contributed by atoms with Gasteiger partial charge in [0.15, 0.2) is 0 Å². The predicted molar refractivity (Wildman–Crippen MR) is 96.8 cm³/mol. The van der Waals surface area contributed by atoms with Crippen LogP contribution in [0.3, 0.4) is 0 Å². The van der Waals surface area contributed by atoms with Gasteiger partial charge < -0.3 is 5.32 Å². The minimum Gasteiger partial charge on any atom is -0.322 e. The van der Waals surface area contributed by atoms with Crippen molar-refractivity contribution in [3.8, 4) is 0 Å². The van der Waals surface area contributed by atoms with E-state index in [-0.39, 0.29) is 11.5 Å². The molecule has 2 rings (SSSR count). The van der Waals surface area contributed by atoms with E-state index in [9.17, 15) is 22.0 Å². The van der Waals surface area contributed by atoms with Gasteiger partial charge in [-0.05, 0) is 38.1 Å². The lowest BCUT2D eigenvalue weighted by Crippen LogP contribution is -2.38. The summed E-state index contributed by atoms with van der Waals surface area (Å²) >= 11 is 0. The Kier molecular flexibility index (Phi) is 6.09. The van der Waals surface area contributed by atoms with E-state index < -0.39 is 27.7 Å². The third kappa shape index (κ3) is 5.09. The Balaban J connectivity index is 2.05. The first-order valence-corrected chi connectivity index (χ1v) is 9.50. The van der Waals surface area contributed by atoms with Gasteiger partial charge >= 0.3 is 0 Å². The number of sulfonamides is 1. The largest absolute Gasteiger partial charge is 0.322 e. The molecule has 0 aromatic heterocycles. The van der Waals surface area contributed by atoms with Crippen LogP contribution in [0.5, 0.6) is 0 Å². The van der Waals surface area contributed by atoms with Crippen molar-refractivity contribution >= 4 is 21.6 Å². The lowest BCUT2D eigenvalue weighted by molar-refractivity contribution is 0.00208. The summed E-state index contributed by atoms with van der Waals surface area (Å²) in [6.45, 7) is 1.79. The monoisotopic (exact) mass is 382 g/mol. The molecule has 2 N–H and O–H groups in total. The maximum absolute atomic E-state index is 14.2. The van der Waals surface area contributed by atoms with E-state index in [1.165, 1.54) is 26.0 Å². The fourth-order valence-electron chi connectivity index (χ4n) is 2.05. The molecule has 8 heteroatoms. The Labute approximate surface area is 151 Å². The molecule has 0 atom stereocenters. The van der Waals surface area contributed by atoms with E-state index >= 15 is 0 Å². The summed E-state index contributed by atoms with van der Waals surface area (Å²) in [5, 5.41) is 1.82. The average Bonchev–Trinajstić information content (AvgIpc) is 2.61. The van der Waals surface area contributed by atoms with Crippen LogP contribution in [-0.2, 0) is 15.9 Å². The number of carbonyl (C=O) groups excluding carboxylic acids is 1. The van der Waals surface area contributed by atoms with Crippen molar-refractivity contribution in [3.05, 3.63) is 65.7 Å². The molecule has 0 heterocycles. The molecule has 1 amide bonds. The lowest BCUT2D eigenvalue weighted by atomic mass is 10.1. The van der Waals surface area contributed by atoms with Gasteiger partial charge in [0, 0.05) is 16.8 Å². The number of halogens is 2. The highest BCUT2D eigenvalue weighted by atomic mass is 32.2. The molecule has 0 saturated carbocycles. The van der Waals surface area contributed by atoms with Crippen LogP contribution in [0.4, 0.5) is 14.5 Å². The van der Waals surface area contributed by atoms with Gasteiger partial charge in [0.2, 0.25) is 10.0 Å². The summed E-state index contributed by atoms with van der Waals surface area (Å²) in [6.07, 6.45) is 0. The highest BCUT2D eigenvalue weighted by Gasteiger charge is 2.33. The Morgan fingerprint density at radius 1 is 1.04 bits per heavy atom. The first-order chi connectivity index (χ1) is 12.1. The quantitative estimate of drug-likeness (QED) is 0.771. The molecule has 2 aromatic carbocycles. The van der Waals surface area contributed by atoms with Gasteiger partial charge in [-0.2, -0.15) is 8.78 Å². The van der Waals surface area contributed by atoms with Gasteiger partial charge in [-0.3, -0.25) is 4.79 Å². The van der Waals surface area contributed by atoms with Crippen LogP contribution in [0, 0.1) is 0 Å². The van der Waals surface area contributed by atoms with Crippen molar-refractivity contribution in [1.29, 1.82) is 0 Å². The smallest absolute Gasteiger partial charge is 0.286 e.